The van der Waals surface area contributed by atoms with Crippen LogP contribution in [0.25, 0.3) is 0 Å². The predicted octanol–water partition coefficient (Wildman–Crippen LogP) is 16.8. The van der Waals surface area contributed by atoms with Crippen molar-refractivity contribution in [1.29, 1.82) is 0 Å². The summed E-state index contributed by atoms with van der Waals surface area (Å²) in [5.74, 6) is 2.35. The van der Waals surface area contributed by atoms with Crippen molar-refractivity contribution in [2.45, 2.75) is 285 Å². The third-order valence-corrected chi connectivity index (χ3v) is 13.2. The first-order chi connectivity index (χ1) is 28.3. The molecule has 0 spiro atoms. The molecule has 0 heterocycles. The van der Waals surface area contributed by atoms with Crippen LogP contribution in [0.1, 0.15) is 279 Å². The monoisotopic (exact) mass is 820 g/mol. The molecule has 0 aromatic carbocycles. The number of carbonyl (C=O) groups is 2. The normalized spacial score (nSPS) is 11.9. The molecule has 0 aliphatic heterocycles. The highest BCUT2D eigenvalue weighted by molar-refractivity contribution is 5.69. The lowest BCUT2D eigenvalue weighted by Crippen LogP contribution is -2.28. The second-order valence-electron chi connectivity index (χ2n) is 19.0. The van der Waals surface area contributed by atoms with Gasteiger partial charge < -0.3 is 14.4 Å². The summed E-state index contributed by atoms with van der Waals surface area (Å²) in [5, 5.41) is 0. The van der Waals surface area contributed by atoms with E-state index in [-0.39, 0.29) is 11.9 Å². The van der Waals surface area contributed by atoms with E-state index in [0.717, 1.165) is 56.3 Å². The second kappa shape index (κ2) is 44.0. The molecule has 0 aliphatic rings. The zero-order valence-corrected chi connectivity index (χ0v) is 40.7. The van der Waals surface area contributed by atoms with Crippen molar-refractivity contribution in [2.75, 3.05) is 26.8 Å². The van der Waals surface area contributed by atoms with Crippen LogP contribution in [0.4, 0.5) is 0 Å². The number of unbranched alkanes of at least 4 members (excludes halogenated alkanes) is 20. The Kier molecular flexibility index (Phi) is 43.1. The number of esters is 2. The summed E-state index contributed by atoms with van der Waals surface area (Å²) in [7, 11) is 2.28. The second-order valence-corrected chi connectivity index (χ2v) is 19.0. The van der Waals surface area contributed by atoms with Crippen LogP contribution in [0.15, 0.2) is 0 Å². The minimum absolute atomic E-state index is 0.0219. The van der Waals surface area contributed by atoms with Crippen molar-refractivity contribution in [2.24, 2.45) is 17.8 Å². The summed E-state index contributed by atoms with van der Waals surface area (Å²) in [6.45, 7) is 16.2. The van der Waals surface area contributed by atoms with Gasteiger partial charge in [0.25, 0.3) is 0 Å². The molecule has 5 heteroatoms. The molecule has 0 aromatic heterocycles. The first-order valence-electron chi connectivity index (χ1n) is 26.3. The van der Waals surface area contributed by atoms with Gasteiger partial charge in [-0.2, -0.15) is 0 Å². The smallest absolute Gasteiger partial charge is 0.305 e. The molecule has 0 rings (SSSR count). The van der Waals surface area contributed by atoms with Crippen LogP contribution in [-0.4, -0.2) is 49.7 Å². The Morgan fingerprint density at radius 3 is 0.966 bits per heavy atom. The molecule has 0 aromatic rings. The number of ether oxygens (including phenoxy) is 2. The molecular weight excluding hydrogens is 715 g/mol. The van der Waals surface area contributed by atoms with Gasteiger partial charge in [0.1, 0.15) is 0 Å². The fourth-order valence-corrected chi connectivity index (χ4v) is 8.67. The lowest BCUT2D eigenvalue weighted by Gasteiger charge is -2.24. The van der Waals surface area contributed by atoms with Gasteiger partial charge in [0, 0.05) is 18.9 Å². The van der Waals surface area contributed by atoms with E-state index in [1.54, 1.807) is 0 Å². The van der Waals surface area contributed by atoms with E-state index in [1.807, 2.05) is 0 Å². The predicted molar refractivity (Wildman–Crippen MR) is 254 cm³/mol. The van der Waals surface area contributed by atoms with Crippen molar-refractivity contribution in [1.82, 2.24) is 4.90 Å². The summed E-state index contributed by atoms with van der Waals surface area (Å²) in [4.78, 5) is 27.2. The Morgan fingerprint density at radius 2 is 0.655 bits per heavy atom. The van der Waals surface area contributed by atoms with Gasteiger partial charge in [0.05, 0.1) is 13.2 Å². The van der Waals surface area contributed by atoms with E-state index >= 15 is 0 Å². The number of hydrogen-bond donors (Lipinski definition) is 0. The van der Waals surface area contributed by atoms with Gasteiger partial charge in [-0.25, -0.2) is 0 Å². The minimum atomic E-state index is 0.0219. The number of hydrogen-bond acceptors (Lipinski definition) is 5. The Hall–Kier alpha value is -1.10. The maximum Gasteiger partial charge on any atom is 0.305 e. The molecule has 0 aliphatic carbocycles. The molecular formula is C53H105NO4. The summed E-state index contributed by atoms with van der Waals surface area (Å²) < 4.78 is 11.3. The summed E-state index contributed by atoms with van der Waals surface area (Å²) >= 11 is 0. The van der Waals surface area contributed by atoms with Crippen LogP contribution in [-0.2, 0) is 19.1 Å². The Bertz CT molecular complexity index is 781. The lowest BCUT2D eigenvalue weighted by atomic mass is 9.91. The maximum absolute atomic E-state index is 12.4. The van der Waals surface area contributed by atoms with Crippen molar-refractivity contribution < 1.29 is 19.1 Å². The van der Waals surface area contributed by atoms with Gasteiger partial charge in [0.2, 0.25) is 0 Å². The van der Waals surface area contributed by atoms with Crippen LogP contribution in [0.3, 0.4) is 0 Å². The van der Waals surface area contributed by atoms with E-state index in [1.165, 1.54) is 193 Å². The van der Waals surface area contributed by atoms with Crippen LogP contribution in [0.2, 0.25) is 0 Å². The third-order valence-electron chi connectivity index (χ3n) is 13.2. The largest absolute Gasteiger partial charge is 0.466 e. The van der Waals surface area contributed by atoms with Crippen LogP contribution < -0.4 is 0 Å². The molecule has 0 saturated heterocycles. The zero-order valence-electron chi connectivity index (χ0n) is 40.7. The molecule has 346 valence electrons. The molecule has 0 saturated carbocycles. The summed E-state index contributed by atoms with van der Waals surface area (Å²) in [6.07, 6.45) is 45.7. The SMILES string of the molecule is CCCCCC(CCCCC)CCOC(=O)CCCCCCCCCC(CCCCCCCCCC(=O)OCCC(CCCCC)CCCCC)CCN(C)C(C)C. The summed E-state index contributed by atoms with van der Waals surface area (Å²) in [6, 6.07) is 0.616. The first-order valence-corrected chi connectivity index (χ1v) is 26.3. The molecule has 0 unspecified atom stereocenters. The average Bonchev–Trinajstić information content (AvgIpc) is 3.20. The third kappa shape index (κ3) is 39.1. The van der Waals surface area contributed by atoms with Crippen LogP contribution >= 0.6 is 0 Å². The van der Waals surface area contributed by atoms with Gasteiger partial charge in [0.15, 0.2) is 0 Å². The maximum atomic E-state index is 12.4. The minimum Gasteiger partial charge on any atom is -0.466 e. The quantitative estimate of drug-likeness (QED) is 0.0452. The highest BCUT2D eigenvalue weighted by atomic mass is 16.5. The lowest BCUT2D eigenvalue weighted by molar-refractivity contribution is -0.145. The van der Waals surface area contributed by atoms with Crippen LogP contribution in [0, 0.1) is 17.8 Å². The van der Waals surface area contributed by atoms with Gasteiger partial charge in [-0.3, -0.25) is 9.59 Å². The summed E-state index contributed by atoms with van der Waals surface area (Å²) in [5.41, 5.74) is 0. The van der Waals surface area contributed by atoms with Crippen molar-refractivity contribution in [3.63, 3.8) is 0 Å². The number of rotatable bonds is 46. The molecule has 0 radical (unpaired) electrons. The topological polar surface area (TPSA) is 55.8 Å². The van der Waals surface area contributed by atoms with E-state index in [0.29, 0.717) is 32.1 Å². The highest BCUT2D eigenvalue weighted by Gasteiger charge is 2.14. The Balaban J connectivity index is 4.10. The first kappa shape index (κ1) is 56.9. The number of nitrogens with zero attached hydrogens (tertiary/aromatic N) is 1. The fraction of sp³-hybridized carbons (Fsp3) is 0.962. The molecule has 0 amide bonds. The average molecular weight is 820 g/mol. The van der Waals surface area contributed by atoms with Gasteiger partial charge >= 0.3 is 11.9 Å². The van der Waals surface area contributed by atoms with E-state index in [2.05, 4.69) is 53.5 Å². The van der Waals surface area contributed by atoms with Crippen molar-refractivity contribution in [3.05, 3.63) is 0 Å². The van der Waals surface area contributed by atoms with Crippen molar-refractivity contribution in [3.8, 4) is 0 Å². The zero-order chi connectivity index (χ0) is 42.7. The molecule has 5 nitrogen and oxygen atoms in total. The standard InChI is InChI=1S/C53H105NO4/c1-8-12-26-34-50(35-27-13-9-2)43-46-57-52(55)40-32-24-20-16-18-22-30-38-49(42-45-54(7)48(5)6)39-31-23-19-17-21-25-33-41-53(56)58-47-44-51(36-28-14-10-3)37-29-15-11-4/h48-51H,8-47H2,1-7H3. The molecule has 0 bridgehead atoms. The van der Waals surface area contributed by atoms with Gasteiger partial charge in [-0.1, -0.05) is 220 Å². The van der Waals surface area contributed by atoms with Crippen LogP contribution in [0.5, 0.6) is 0 Å². The van der Waals surface area contributed by atoms with E-state index in [4.69, 9.17) is 9.47 Å². The van der Waals surface area contributed by atoms with Crippen molar-refractivity contribution >= 4 is 11.9 Å². The number of carbonyl (C=O) groups excluding carboxylic acids is 2. The molecule has 0 fully saturated rings. The Labute approximate surface area is 364 Å². The molecule has 0 N–H and O–H groups in total. The molecule has 58 heavy (non-hydrogen) atoms. The van der Waals surface area contributed by atoms with Gasteiger partial charge in [-0.15, -0.1) is 0 Å². The Morgan fingerprint density at radius 1 is 0.379 bits per heavy atom. The fourth-order valence-electron chi connectivity index (χ4n) is 8.67. The van der Waals surface area contributed by atoms with E-state index in [9.17, 15) is 9.59 Å². The van der Waals surface area contributed by atoms with E-state index < -0.39 is 0 Å². The highest BCUT2D eigenvalue weighted by Crippen LogP contribution is 2.25. The molecule has 0 atom stereocenters. The van der Waals surface area contributed by atoms with Gasteiger partial charge in [-0.05, 0) is 77.3 Å².